The van der Waals surface area contributed by atoms with Crippen molar-refractivity contribution in [2.75, 3.05) is 22.1 Å². The Kier molecular flexibility index (Phi) is 5.47. The van der Waals surface area contributed by atoms with Gasteiger partial charge in [-0.05, 0) is 74.2 Å². The molecule has 0 aliphatic rings. The Labute approximate surface area is 175 Å². The summed E-state index contributed by atoms with van der Waals surface area (Å²) < 4.78 is 0. The van der Waals surface area contributed by atoms with E-state index in [2.05, 4.69) is 10.6 Å². The Morgan fingerprint density at radius 3 is 1.50 bits per heavy atom. The summed E-state index contributed by atoms with van der Waals surface area (Å²) in [6.07, 6.45) is 0.586. The van der Waals surface area contributed by atoms with Crippen LogP contribution in [0.5, 0.6) is 11.5 Å². The van der Waals surface area contributed by atoms with Crippen molar-refractivity contribution in [3.63, 3.8) is 0 Å². The molecule has 0 aliphatic carbocycles. The highest BCUT2D eigenvalue weighted by atomic mass is 16.3. The minimum atomic E-state index is -0.251. The van der Waals surface area contributed by atoms with Crippen LogP contribution in [0.25, 0.3) is 0 Å². The lowest BCUT2D eigenvalue weighted by atomic mass is 10.0. The van der Waals surface area contributed by atoms with Crippen molar-refractivity contribution in [3.05, 3.63) is 58.1 Å². The minimum Gasteiger partial charge on any atom is -0.506 e. The van der Waals surface area contributed by atoms with E-state index in [4.69, 9.17) is 11.5 Å². The Hall–Kier alpha value is -3.87. The van der Waals surface area contributed by atoms with Crippen LogP contribution in [-0.2, 0) is 0 Å². The molecular formula is C23H26N4O3. The van der Waals surface area contributed by atoms with E-state index in [1.54, 1.807) is 24.3 Å². The van der Waals surface area contributed by atoms with Gasteiger partial charge in [-0.1, -0.05) is 0 Å². The fraction of sp³-hybridized carbons (Fsp3) is 0.174. The predicted octanol–water partition coefficient (Wildman–Crippen LogP) is 4.80. The summed E-state index contributed by atoms with van der Waals surface area (Å²) in [5.41, 5.74) is 18.6. The maximum atomic E-state index is 12.0. The Morgan fingerprint density at radius 2 is 1.13 bits per heavy atom. The Morgan fingerprint density at radius 1 is 0.733 bits per heavy atom. The van der Waals surface area contributed by atoms with E-state index in [1.165, 1.54) is 6.07 Å². The molecule has 0 heterocycles. The smallest absolute Gasteiger partial charge is 0.154 e. The summed E-state index contributed by atoms with van der Waals surface area (Å²) in [5, 5.41) is 27.1. The molecule has 0 fully saturated rings. The molecule has 3 rings (SSSR count). The van der Waals surface area contributed by atoms with Crippen LogP contribution in [0.1, 0.15) is 32.6 Å². The lowest BCUT2D eigenvalue weighted by molar-refractivity contribution is 0.112. The average molecular weight is 406 g/mol. The third-order valence-electron chi connectivity index (χ3n) is 5.62. The first-order valence-electron chi connectivity index (χ1n) is 9.45. The van der Waals surface area contributed by atoms with E-state index in [9.17, 15) is 15.0 Å². The third kappa shape index (κ3) is 3.57. The number of rotatable bonds is 5. The number of phenolic OH excluding ortho intramolecular Hbond substituents is 2. The van der Waals surface area contributed by atoms with Crippen molar-refractivity contribution in [3.8, 4) is 11.5 Å². The molecule has 30 heavy (non-hydrogen) atoms. The van der Waals surface area contributed by atoms with Crippen molar-refractivity contribution in [2.24, 2.45) is 0 Å². The van der Waals surface area contributed by atoms with Gasteiger partial charge in [0.15, 0.2) is 6.29 Å². The summed E-state index contributed by atoms with van der Waals surface area (Å²) in [6.45, 7) is 7.58. The van der Waals surface area contributed by atoms with Crippen LogP contribution < -0.4 is 22.1 Å². The van der Waals surface area contributed by atoms with Gasteiger partial charge in [0.05, 0.1) is 16.9 Å². The number of anilines is 6. The molecule has 0 unspecified atom stereocenters. The molecular weight excluding hydrogens is 380 g/mol. The van der Waals surface area contributed by atoms with Crippen LogP contribution in [0.4, 0.5) is 34.1 Å². The molecule has 0 aromatic heterocycles. The van der Waals surface area contributed by atoms with Crippen LogP contribution in [0.2, 0.25) is 0 Å². The molecule has 0 aliphatic heterocycles. The number of nitrogen functional groups attached to an aromatic ring is 2. The number of carbonyl (C=O) groups excluding carboxylic acids is 1. The largest absolute Gasteiger partial charge is 0.506 e. The van der Waals surface area contributed by atoms with E-state index in [0.29, 0.717) is 29.0 Å². The van der Waals surface area contributed by atoms with Crippen molar-refractivity contribution in [1.29, 1.82) is 0 Å². The highest BCUT2D eigenvalue weighted by Crippen LogP contribution is 2.43. The zero-order valence-corrected chi connectivity index (χ0v) is 17.4. The number of carbonyl (C=O) groups is 1. The first kappa shape index (κ1) is 20.9. The van der Waals surface area contributed by atoms with Crippen LogP contribution in [0.15, 0.2) is 30.3 Å². The monoisotopic (exact) mass is 406 g/mol. The molecule has 0 spiro atoms. The first-order valence-corrected chi connectivity index (χ1v) is 9.45. The fourth-order valence-electron chi connectivity index (χ4n) is 3.28. The Balaban J connectivity index is 2.12. The van der Waals surface area contributed by atoms with Crippen LogP contribution >= 0.6 is 0 Å². The standard InChI is InChI=1S/C23H26N4O3/c1-11-13(3)18(7-5-16(11)24)26-22-15(10-28)23(21(30)9-20(22)29)27-19-8-6-17(25)12(2)14(19)4/h5-10,26-27,29-30H,24-25H2,1-4H3. The molecule has 3 aromatic carbocycles. The molecule has 0 bridgehead atoms. The molecule has 0 radical (unpaired) electrons. The molecule has 7 heteroatoms. The van der Waals surface area contributed by atoms with Gasteiger partial charge in [0.2, 0.25) is 0 Å². The molecule has 3 aromatic rings. The summed E-state index contributed by atoms with van der Waals surface area (Å²) in [4.78, 5) is 12.0. The highest BCUT2D eigenvalue weighted by Gasteiger charge is 2.20. The van der Waals surface area contributed by atoms with Gasteiger partial charge in [0.1, 0.15) is 11.5 Å². The molecule has 7 nitrogen and oxygen atoms in total. The minimum absolute atomic E-state index is 0.0928. The fourth-order valence-corrected chi connectivity index (χ4v) is 3.28. The summed E-state index contributed by atoms with van der Waals surface area (Å²) in [5.74, 6) is -0.501. The van der Waals surface area contributed by atoms with Crippen molar-refractivity contribution in [1.82, 2.24) is 0 Å². The van der Waals surface area contributed by atoms with Gasteiger partial charge in [-0.2, -0.15) is 0 Å². The molecule has 8 N–H and O–H groups in total. The van der Waals surface area contributed by atoms with Gasteiger partial charge in [0, 0.05) is 28.8 Å². The first-order chi connectivity index (χ1) is 14.1. The van der Waals surface area contributed by atoms with Gasteiger partial charge in [-0.3, -0.25) is 4.79 Å². The SMILES string of the molecule is Cc1c(N)ccc(Nc2c(O)cc(O)c(Nc3ccc(N)c(C)c3C)c2C=O)c1C. The molecule has 0 amide bonds. The molecule has 0 saturated heterocycles. The maximum absolute atomic E-state index is 12.0. The van der Waals surface area contributed by atoms with E-state index < -0.39 is 0 Å². The Bertz CT molecular complexity index is 1070. The van der Waals surface area contributed by atoms with E-state index in [1.807, 2.05) is 27.7 Å². The van der Waals surface area contributed by atoms with Crippen LogP contribution in [0.3, 0.4) is 0 Å². The number of phenols is 2. The number of hydrogen-bond acceptors (Lipinski definition) is 7. The lowest BCUT2D eigenvalue weighted by Gasteiger charge is -2.20. The van der Waals surface area contributed by atoms with Gasteiger partial charge in [-0.15, -0.1) is 0 Å². The highest BCUT2D eigenvalue weighted by molar-refractivity contribution is 5.99. The maximum Gasteiger partial charge on any atom is 0.154 e. The van der Waals surface area contributed by atoms with Crippen molar-refractivity contribution >= 4 is 40.4 Å². The number of nitrogens with two attached hydrogens (primary N) is 2. The van der Waals surface area contributed by atoms with Crippen LogP contribution in [-0.4, -0.2) is 16.5 Å². The zero-order valence-electron chi connectivity index (χ0n) is 17.4. The average Bonchev–Trinajstić information content (AvgIpc) is 2.71. The number of hydrogen-bond donors (Lipinski definition) is 6. The number of benzene rings is 3. The van der Waals surface area contributed by atoms with Gasteiger partial charge in [0.25, 0.3) is 0 Å². The zero-order chi connectivity index (χ0) is 22.2. The van der Waals surface area contributed by atoms with Crippen molar-refractivity contribution in [2.45, 2.75) is 27.7 Å². The molecule has 156 valence electrons. The number of aldehydes is 1. The second-order valence-corrected chi connectivity index (χ2v) is 7.35. The quantitative estimate of drug-likeness (QED) is 0.155. The summed E-state index contributed by atoms with van der Waals surface area (Å²) >= 11 is 0. The second kappa shape index (κ2) is 7.87. The van der Waals surface area contributed by atoms with E-state index in [-0.39, 0.29) is 28.4 Å². The normalized spacial score (nSPS) is 10.7. The van der Waals surface area contributed by atoms with Crippen LogP contribution in [0, 0.1) is 27.7 Å². The predicted molar refractivity (Wildman–Crippen MR) is 122 cm³/mol. The van der Waals surface area contributed by atoms with Gasteiger partial charge < -0.3 is 32.3 Å². The summed E-state index contributed by atoms with van der Waals surface area (Å²) in [7, 11) is 0. The summed E-state index contributed by atoms with van der Waals surface area (Å²) in [6, 6.07) is 8.25. The van der Waals surface area contributed by atoms with E-state index >= 15 is 0 Å². The van der Waals surface area contributed by atoms with Gasteiger partial charge in [-0.25, -0.2) is 0 Å². The third-order valence-corrected chi connectivity index (χ3v) is 5.62. The van der Waals surface area contributed by atoms with E-state index in [0.717, 1.165) is 22.3 Å². The second-order valence-electron chi connectivity index (χ2n) is 7.35. The van der Waals surface area contributed by atoms with Gasteiger partial charge >= 0.3 is 0 Å². The number of aromatic hydroxyl groups is 2. The van der Waals surface area contributed by atoms with Crippen molar-refractivity contribution < 1.29 is 15.0 Å². The molecule has 0 atom stereocenters. The number of nitrogens with one attached hydrogen (secondary N) is 2. The topological polar surface area (TPSA) is 134 Å². The lowest BCUT2D eigenvalue weighted by Crippen LogP contribution is -2.05. The molecule has 0 saturated carbocycles.